The standard InChI is InChI=1S/C11H18N4O3S/c1-3-8-19(16,17)15-6-4-11(12,5-7-15)10-13-9(2)18-14-10/h3H,1,4-8,12H2,2H3. The summed E-state index contributed by atoms with van der Waals surface area (Å²) in [4.78, 5) is 4.14. The fourth-order valence-corrected chi connectivity index (χ4v) is 3.39. The number of aryl methyl sites for hydroxylation is 1. The number of hydrogen-bond donors (Lipinski definition) is 1. The molecule has 1 saturated heterocycles. The number of rotatable bonds is 4. The quantitative estimate of drug-likeness (QED) is 0.790. The highest BCUT2D eigenvalue weighted by atomic mass is 32.2. The van der Waals surface area contributed by atoms with Gasteiger partial charge in [-0.05, 0) is 12.8 Å². The summed E-state index contributed by atoms with van der Waals surface area (Å²) in [7, 11) is -3.27. The molecule has 0 unspecified atom stereocenters. The molecule has 0 spiro atoms. The van der Waals surface area contributed by atoms with Crippen LogP contribution in [0.3, 0.4) is 0 Å². The lowest BCUT2D eigenvalue weighted by Crippen LogP contribution is -2.50. The Morgan fingerprint density at radius 3 is 2.63 bits per heavy atom. The molecule has 7 nitrogen and oxygen atoms in total. The van der Waals surface area contributed by atoms with Crippen LogP contribution in [0.2, 0.25) is 0 Å². The molecule has 0 bridgehead atoms. The summed E-state index contributed by atoms with van der Waals surface area (Å²) in [6.07, 6.45) is 2.34. The second-order valence-electron chi connectivity index (χ2n) is 4.76. The van der Waals surface area contributed by atoms with E-state index in [0.717, 1.165) is 0 Å². The van der Waals surface area contributed by atoms with E-state index in [2.05, 4.69) is 16.7 Å². The van der Waals surface area contributed by atoms with Crippen molar-refractivity contribution in [2.75, 3.05) is 18.8 Å². The Balaban J connectivity index is 2.08. The zero-order valence-corrected chi connectivity index (χ0v) is 11.7. The van der Waals surface area contributed by atoms with Crippen LogP contribution in [0, 0.1) is 6.92 Å². The van der Waals surface area contributed by atoms with Crippen LogP contribution in [0.5, 0.6) is 0 Å². The zero-order chi connectivity index (χ0) is 14.1. The number of nitrogens with two attached hydrogens (primary N) is 1. The van der Waals surface area contributed by atoms with Gasteiger partial charge in [0.2, 0.25) is 15.9 Å². The van der Waals surface area contributed by atoms with Crippen molar-refractivity contribution in [3.63, 3.8) is 0 Å². The second-order valence-corrected chi connectivity index (χ2v) is 6.77. The van der Waals surface area contributed by atoms with Gasteiger partial charge < -0.3 is 10.3 Å². The fourth-order valence-electron chi connectivity index (χ4n) is 2.14. The molecule has 1 aliphatic heterocycles. The Morgan fingerprint density at radius 1 is 1.53 bits per heavy atom. The first-order valence-electron chi connectivity index (χ1n) is 6.06. The molecule has 2 heterocycles. The van der Waals surface area contributed by atoms with E-state index >= 15 is 0 Å². The highest BCUT2D eigenvalue weighted by Crippen LogP contribution is 2.29. The molecular weight excluding hydrogens is 268 g/mol. The maximum absolute atomic E-state index is 11.9. The third kappa shape index (κ3) is 2.85. The van der Waals surface area contributed by atoms with Crippen molar-refractivity contribution in [2.24, 2.45) is 5.73 Å². The first-order chi connectivity index (χ1) is 8.87. The Hall–Kier alpha value is -1.25. The van der Waals surface area contributed by atoms with Crippen LogP contribution in [-0.2, 0) is 15.6 Å². The highest BCUT2D eigenvalue weighted by Gasteiger charge is 2.39. The highest BCUT2D eigenvalue weighted by molar-refractivity contribution is 7.89. The average Bonchev–Trinajstić information content (AvgIpc) is 2.77. The first-order valence-corrected chi connectivity index (χ1v) is 7.67. The molecule has 1 aromatic heterocycles. The maximum Gasteiger partial charge on any atom is 0.223 e. The van der Waals surface area contributed by atoms with Crippen LogP contribution in [0.1, 0.15) is 24.6 Å². The van der Waals surface area contributed by atoms with Gasteiger partial charge in [0.15, 0.2) is 5.82 Å². The summed E-state index contributed by atoms with van der Waals surface area (Å²) in [6.45, 7) is 5.88. The summed E-state index contributed by atoms with van der Waals surface area (Å²) in [5.74, 6) is 0.860. The van der Waals surface area contributed by atoms with Gasteiger partial charge in [0.1, 0.15) is 0 Å². The van der Waals surface area contributed by atoms with E-state index in [9.17, 15) is 8.42 Å². The molecule has 0 radical (unpaired) electrons. The van der Waals surface area contributed by atoms with E-state index in [1.54, 1.807) is 6.92 Å². The molecule has 0 aliphatic carbocycles. The number of piperidine rings is 1. The van der Waals surface area contributed by atoms with E-state index in [0.29, 0.717) is 37.6 Å². The predicted octanol–water partition coefficient (Wildman–Crippen LogP) is 0.144. The molecule has 106 valence electrons. The molecule has 1 aliphatic rings. The van der Waals surface area contributed by atoms with Gasteiger partial charge in [-0.15, -0.1) is 6.58 Å². The minimum Gasteiger partial charge on any atom is -0.340 e. The van der Waals surface area contributed by atoms with Crippen LogP contribution in [0.4, 0.5) is 0 Å². The Labute approximate surface area is 112 Å². The smallest absolute Gasteiger partial charge is 0.223 e. The molecule has 0 atom stereocenters. The third-order valence-corrected chi connectivity index (χ3v) is 5.12. The molecule has 1 aromatic rings. The lowest BCUT2D eigenvalue weighted by atomic mass is 9.89. The van der Waals surface area contributed by atoms with Gasteiger partial charge in [0.25, 0.3) is 0 Å². The molecule has 0 saturated carbocycles. The Morgan fingerprint density at radius 2 is 2.16 bits per heavy atom. The minimum absolute atomic E-state index is 0.0497. The van der Waals surface area contributed by atoms with Crippen LogP contribution >= 0.6 is 0 Å². The topological polar surface area (TPSA) is 102 Å². The van der Waals surface area contributed by atoms with Crippen molar-refractivity contribution in [3.05, 3.63) is 24.4 Å². The Kier molecular flexibility index (Phi) is 3.75. The number of aromatic nitrogens is 2. The molecule has 8 heteroatoms. The van der Waals surface area contributed by atoms with Crippen molar-refractivity contribution in [1.29, 1.82) is 0 Å². The van der Waals surface area contributed by atoms with Gasteiger partial charge in [0, 0.05) is 20.0 Å². The van der Waals surface area contributed by atoms with Crippen molar-refractivity contribution >= 4 is 10.0 Å². The van der Waals surface area contributed by atoms with E-state index in [-0.39, 0.29) is 5.75 Å². The van der Waals surface area contributed by atoms with E-state index in [4.69, 9.17) is 10.3 Å². The largest absolute Gasteiger partial charge is 0.340 e. The molecule has 19 heavy (non-hydrogen) atoms. The normalized spacial score (nSPS) is 20.3. The molecule has 2 rings (SSSR count). The van der Waals surface area contributed by atoms with Gasteiger partial charge in [-0.1, -0.05) is 11.2 Å². The lowest BCUT2D eigenvalue weighted by molar-refractivity contribution is 0.223. The SMILES string of the molecule is C=CCS(=O)(=O)N1CCC(N)(c2noc(C)n2)CC1. The maximum atomic E-state index is 11.9. The monoisotopic (exact) mass is 286 g/mol. The summed E-state index contributed by atoms with van der Waals surface area (Å²) in [5.41, 5.74) is 5.54. The van der Waals surface area contributed by atoms with Crippen LogP contribution in [0.25, 0.3) is 0 Å². The van der Waals surface area contributed by atoms with Gasteiger partial charge >= 0.3 is 0 Å². The minimum atomic E-state index is -3.27. The van der Waals surface area contributed by atoms with Crippen molar-refractivity contribution in [1.82, 2.24) is 14.4 Å². The van der Waals surface area contributed by atoms with Crippen molar-refractivity contribution in [2.45, 2.75) is 25.3 Å². The van der Waals surface area contributed by atoms with E-state index < -0.39 is 15.6 Å². The second kappa shape index (κ2) is 5.03. The van der Waals surface area contributed by atoms with Gasteiger partial charge in [-0.2, -0.15) is 4.98 Å². The van der Waals surface area contributed by atoms with Crippen molar-refractivity contribution in [3.8, 4) is 0 Å². The fraction of sp³-hybridized carbons (Fsp3) is 0.636. The predicted molar refractivity (Wildman–Crippen MR) is 69.7 cm³/mol. The number of nitrogens with zero attached hydrogens (tertiary/aromatic N) is 3. The van der Waals surface area contributed by atoms with Gasteiger partial charge in [-0.25, -0.2) is 12.7 Å². The van der Waals surface area contributed by atoms with E-state index in [1.165, 1.54) is 10.4 Å². The molecule has 2 N–H and O–H groups in total. The first kappa shape index (κ1) is 14.2. The summed E-state index contributed by atoms with van der Waals surface area (Å²) < 4.78 is 30.2. The zero-order valence-electron chi connectivity index (χ0n) is 10.9. The molecule has 1 fully saturated rings. The average molecular weight is 286 g/mol. The molecule has 0 amide bonds. The Bertz CT molecular complexity index is 558. The number of hydrogen-bond acceptors (Lipinski definition) is 6. The van der Waals surface area contributed by atoms with Crippen molar-refractivity contribution < 1.29 is 12.9 Å². The summed E-state index contributed by atoms with van der Waals surface area (Å²) >= 11 is 0. The lowest BCUT2D eigenvalue weighted by Gasteiger charge is -2.36. The number of sulfonamides is 1. The molecule has 0 aromatic carbocycles. The van der Waals surface area contributed by atoms with Gasteiger partial charge in [0.05, 0.1) is 11.3 Å². The van der Waals surface area contributed by atoms with Crippen LogP contribution in [-0.4, -0.2) is 41.7 Å². The summed E-state index contributed by atoms with van der Waals surface area (Å²) in [5, 5.41) is 3.84. The molecular formula is C11H18N4O3S. The van der Waals surface area contributed by atoms with Crippen LogP contribution in [0.15, 0.2) is 17.2 Å². The summed E-state index contributed by atoms with van der Waals surface area (Å²) in [6, 6.07) is 0. The van der Waals surface area contributed by atoms with E-state index in [1.807, 2.05) is 0 Å². The van der Waals surface area contributed by atoms with Crippen LogP contribution < -0.4 is 5.73 Å². The third-order valence-electron chi connectivity index (χ3n) is 3.31. The van der Waals surface area contributed by atoms with Gasteiger partial charge in [-0.3, -0.25) is 0 Å².